The number of nitrogens with one attached hydrogen (secondary N) is 2. The maximum absolute atomic E-state index is 12.9. The zero-order valence-corrected chi connectivity index (χ0v) is 17.9. The molecule has 1 aromatic carbocycles. The molecule has 6 nitrogen and oxygen atoms in total. The number of carbonyl (C=O) groups is 1. The van der Waals surface area contributed by atoms with Gasteiger partial charge in [0.1, 0.15) is 0 Å². The number of nitrogens with zero attached hydrogens (tertiary/aromatic N) is 1. The number of hydrogen-bond donors (Lipinski definition) is 2. The van der Waals surface area contributed by atoms with Gasteiger partial charge in [-0.05, 0) is 49.9 Å². The zero-order chi connectivity index (χ0) is 20.2. The summed E-state index contributed by atoms with van der Waals surface area (Å²) in [4.78, 5) is 12.6. The molecule has 1 heterocycles. The molecule has 0 aliphatic carbocycles. The molecular weight excluding hydrogens is 362 g/mol. The molecule has 1 aliphatic rings. The van der Waals surface area contributed by atoms with Crippen LogP contribution in [0.4, 0.5) is 0 Å². The smallest absolute Gasteiger partial charge is 0.243 e. The van der Waals surface area contributed by atoms with Gasteiger partial charge in [-0.15, -0.1) is 0 Å². The fraction of sp³-hybridized carbons (Fsp3) is 0.650. The van der Waals surface area contributed by atoms with Gasteiger partial charge < -0.3 is 10.6 Å². The van der Waals surface area contributed by atoms with E-state index in [1.165, 1.54) is 4.31 Å². The second-order valence-electron chi connectivity index (χ2n) is 8.39. The SMILES string of the molecule is CNC(C)CNC(=O)C1CCN(S(=O)(=O)c2ccc(C(C)(C)C)cc2)CC1. The number of amides is 1. The third-order valence-corrected chi connectivity index (χ3v) is 7.17. The van der Waals surface area contributed by atoms with Crippen LogP contribution in [0.5, 0.6) is 0 Å². The third kappa shape index (κ3) is 5.53. The molecule has 1 saturated heterocycles. The Hall–Kier alpha value is -1.44. The fourth-order valence-corrected chi connectivity index (χ4v) is 4.60. The molecule has 1 amide bonds. The van der Waals surface area contributed by atoms with Crippen molar-refractivity contribution in [3.63, 3.8) is 0 Å². The Balaban J connectivity index is 1.97. The van der Waals surface area contributed by atoms with Crippen LogP contribution in [-0.4, -0.2) is 51.4 Å². The van der Waals surface area contributed by atoms with Crippen molar-refractivity contribution >= 4 is 15.9 Å². The molecular formula is C20H33N3O3S. The van der Waals surface area contributed by atoms with Gasteiger partial charge in [-0.25, -0.2) is 8.42 Å². The number of sulfonamides is 1. The van der Waals surface area contributed by atoms with Crippen molar-refractivity contribution in [3.05, 3.63) is 29.8 Å². The molecule has 2 rings (SSSR count). The van der Waals surface area contributed by atoms with Gasteiger partial charge in [-0.2, -0.15) is 4.31 Å². The van der Waals surface area contributed by atoms with E-state index in [1.807, 2.05) is 26.1 Å². The highest BCUT2D eigenvalue weighted by atomic mass is 32.2. The lowest BCUT2D eigenvalue weighted by Gasteiger charge is -2.31. The second kappa shape index (κ2) is 8.71. The molecule has 1 unspecified atom stereocenters. The first kappa shape index (κ1) is 21.9. The van der Waals surface area contributed by atoms with E-state index in [1.54, 1.807) is 12.1 Å². The summed E-state index contributed by atoms with van der Waals surface area (Å²) < 4.78 is 27.3. The average Bonchev–Trinajstić information content (AvgIpc) is 2.65. The van der Waals surface area contributed by atoms with Crippen LogP contribution in [0.25, 0.3) is 0 Å². The Morgan fingerprint density at radius 2 is 1.74 bits per heavy atom. The summed E-state index contributed by atoms with van der Waals surface area (Å²) in [7, 11) is -1.66. The third-order valence-electron chi connectivity index (χ3n) is 5.26. The highest BCUT2D eigenvalue weighted by Gasteiger charge is 2.32. The second-order valence-corrected chi connectivity index (χ2v) is 10.3. The van der Waals surface area contributed by atoms with E-state index in [0.717, 1.165) is 5.56 Å². The molecule has 0 radical (unpaired) electrons. The van der Waals surface area contributed by atoms with E-state index in [4.69, 9.17) is 0 Å². The first-order valence-electron chi connectivity index (χ1n) is 9.61. The summed E-state index contributed by atoms with van der Waals surface area (Å²) in [6, 6.07) is 7.36. The molecule has 1 aliphatic heterocycles. The lowest BCUT2D eigenvalue weighted by Crippen LogP contribution is -2.45. The van der Waals surface area contributed by atoms with Crippen LogP contribution in [0.1, 0.15) is 46.1 Å². The number of likely N-dealkylation sites (N-methyl/N-ethyl adjacent to an activating group) is 1. The summed E-state index contributed by atoms with van der Waals surface area (Å²) in [5, 5.41) is 6.02. The number of rotatable bonds is 6. The Morgan fingerprint density at radius 1 is 1.19 bits per heavy atom. The molecule has 152 valence electrons. The summed E-state index contributed by atoms with van der Waals surface area (Å²) in [6.07, 6.45) is 1.11. The Labute approximate surface area is 163 Å². The number of benzene rings is 1. The van der Waals surface area contributed by atoms with E-state index in [9.17, 15) is 13.2 Å². The minimum absolute atomic E-state index is 0.0151. The van der Waals surface area contributed by atoms with Crippen LogP contribution in [-0.2, 0) is 20.2 Å². The first-order chi connectivity index (χ1) is 12.6. The van der Waals surface area contributed by atoms with Crippen molar-refractivity contribution in [1.29, 1.82) is 0 Å². The number of piperidine rings is 1. The maximum Gasteiger partial charge on any atom is 0.243 e. The molecule has 27 heavy (non-hydrogen) atoms. The quantitative estimate of drug-likeness (QED) is 0.773. The van der Waals surface area contributed by atoms with Gasteiger partial charge in [0.25, 0.3) is 0 Å². The molecule has 1 aromatic rings. The van der Waals surface area contributed by atoms with Crippen LogP contribution in [0, 0.1) is 5.92 Å². The number of hydrogen-bond acceptors (Lipinski definition) is 4. The normalized spacial score (nSPS) is 18.3. The fourth-order valence-electron chi connectivity index (χ4n) is 3.13. The van der Waals surface area contributed by atoms with E-state index in [0.29, 0.717) is 37.4 Å². The zero-order valence-electron chi connectivity index (χ0n) is 17.1. The van der Waals surface area contributed by atoms with Gasteiger partial charge >= 0.3 is 0 Å². The maximum atomic E-state index is 12.9. The molecule has 0 saturated carbocycles. The van der Waals surface area contributed by atoms with Gasteiger partial charge in [-0.3, -0.25) is 4.79 Å². The lowest BCUT2D eigenvalue weighted by molar-refractivity contribution is -0.126. The highest BCUT2D eigenvalue weighted by Crippen LogP contribution is 2.27. The van der Waals surface area contributed by atoms with Crippen molar-refractivity contribution in [2.24, 2.45) is 5.92 Å². The van der Waals surface area contributed by atoms with E-state index in [2.05, 4.69) is 31.4 Å². The standard InChI is InChI=1S/C20H33N3O3S/c1-15(21-5)14-22-19(24)16-10-12-23(13-11-16)27(25,26)18-8-6-17(7-9-18)20(2,3)4/h6-9,15-16,21H,10-14H2,1-5H3,(H,22,24). The minimum Gasteiger partial charge on any atom is -0.354 e. The molecule has 1 fully saturated rings. The Kier molecular flexibility index (Phi) is 7.05. The summed E-state index contributed by atoms with van der Waals surface area (Å²) in [6.45, 7) is 9.64. The van der Waals surface area contributed by atoms with E-state index < -0.39 is 10.0 Å². The molecule has 0 aromatic heterocycles. The molecule has 1 atom stereocenters. The van der Waals surface area contributed by atoms with Crippen molar-refractivity contribution in [1.82, 2.24) is 14.9 Å². The van der Waals surface area contributed by atoms with Gasteiger partial charge in [-0.1, -0.05) is 32.9 Å². The minimum atomic E-state index is -3.51. The largest absolute Gasteiger partial charge is 0.354 e. The van der Waals surface area contributed by atoms with Crippen molar-refractivity contribution in [2.45, 2.75) is 56.9 Å². The average molecular weight is 396 g/mol. The van der Waals surface area contributed by atoms with Crippen molar-refractivity contribution < 1.29 is 13.2 Å². The molecule has 0 bridgehead atoms. The van der Waals surface area contributed by atoms with Crippen LogP contribution in [0.3, 0.4) is 0 Å². The van der Waals surface area contributed by atoms with Crippen LogP contribution in [0.15, 0.2) is 29.2 Å². The van der Waals surface area contributed by atoms with Gasteiger partial charge in [0.05, 0.1) is 4.90 Å². The van der Waals surface area contributed by atoms with Crippen LogP contribution < -0.4 is 10.6 Å². The predicted octanol–water partition coefficient (Wildman–Crippen LogP) is 2.11. The first-order valence-corrected chi connectivity index (χ1v) is 11.1. The molecule has 2 N–H and O–H groups in total. The van der Waals surface area contributed by atoms with Crippen molar-refractivity contribution in [2.75, 3.05) is 26.7 Å². The van der Waals surface area contributed by atoms with Crippen LogP contribution >= 0.6 is 0 Å². The Bertz CT molecular complexity index is 731. The van der Waals surface area contributed by atoms with Crippen molar-refractivity contribution in [3.8, 4) is 0 Å². The monoisotopic (exact) mass is 395 g/mol. The Morgan fingerprint density at radius 3 is 2.22 bits per heavy atom. The lowest BCUT2D eigenvalue weighted by atomic mass is 9.87. The summed E-state index contributed by atoms with van der Waals surface area (Å²) in [5.41, 5.74) is 1.09. The summed E-state index contributed by atoms with van der Waals surface area (Å²) in [5.74, 6) is -0.104. The predicted molar refractivity (Wildman–Crippen MR) is 108 cm³/mol. The van der Waals surface area contributed by atoms with Gasteiger partial charge in [0.15, 0.2) is 0 Å². The summed E-state index contributed by atoms with van der Waals surface area (Å²) >= 11 is 0. The highest BCUT2D eigenvalue weighted by molar-refractivity contribution is 7.89. The van der Waals surface area contributed by atoms with Gasteiger partial charge in [0.2, 0.25) is 15.9 Å². The van der Waals surface area contributed by atoms with E-state index >= 15 is 0 Å². The van der Waals surface area contributed by atoms with E-state index in [-0.39, 0.29) is 23.3 Å². The molecule has 7 heteroatoms. The molecule has 0 spiro atoms. The topological polar surface area (TPSA) is 78.5 Å². The van der Waals surface area contributed by atoms with Gasteiger partial charge in [0, 0.05) is 31.6 Å². The van der Waals surface area contributed by atoms with Crippen LogP contribution in [0.2, 0.25) is 0 Å². The number of carbonyl (C=O) groups excluding carboxylic acids is 1.